The minimum Gasteiger partial charge on any atom is -0.481 e. The third-order valence-electron chi connectivity index (χ3n) is 3.35. The van der Waals surface area contributed by atoms with Gasteiger partial charge in [0.05, 0.1) is 12.8 Å². The molecule has 0 saturated heterocycles. The Balaban J connectivity index is 2.42. The first-order valence-corrected chi connectivity index (χ1v) is 6.16. The zero-order chi connectivity index (χ0) is 12.3. The van der Waals surface area contributed by atoms with Gasteiger partial charge in [-0.1, -0.05) is 12.8 Å². The maximum atomic E-state index is 5.73. The van der Waals surface area contributed by atoms with Crippen molar-refractivity contribution in [3.05, 3.63) is 11.3 Å². The summed E-state index contributed by atoms with van der Waals surface area (Å²) in [5.41, 5.74) is 13.5. The van der Waals surface area contributed by atoms with Crippen LogP contribution in [0.15, 0.2) is 0 Å². The van der Waals surface area contributed by atoms with E-state index in [2.05, 4.69) is 9.97 Å². The van der Waals surface area contributed by atoms with Gasteiger partial charge in [-0.25, -0.2) is 4.98 Å². The molecular weight excluding hydrogens is 216 g/mol. The lowest BCUT2D eigenvalue weighted by Crippen LogP contribution is -2.13. The molecule has 0 amide bonds. The topological polar surface area (TPSA) is 87.0 Å². The third kappa shape index (κ3) is 2.49. The second-order valence-corrected chi connectivity index (χ2v) is 4.47. The van der Waals surface area contributed by atoms with Crippen LogP contribution >= 0.6 is 0 Å². The molecule has 1 aromatic heterocycles. The van der Waals surface area contributed by atoms with Gasteiger partial charge in [-0.15, -0.1) is 0 Å². The van der Waals surface area contributed by atoms with Gasteiger partial charge in [0.25, 0.3) is 0 Å². The molecule has 0 unspecified atom stereocenters. The predicted octanol–water partition coefficient (Wildman–Crippen LogP) is 1.23. The van der Waals surface area contributed by atoms with E-state index >= 15 is 0 Å². The van der Waals surface area contributed by atoms with Crippen molar-refractivity contribution in [2.24, 2.45) is 5.73 Å². The fraction of sp³-hybridized carbons (Fsp3) is 0.667. The fourth-order valence-corrected chi connectivity index (χ4v) is 2.58. The highest BCUT2D eigenvalue weighted by atomic mass is 16.5. The molecule has 0 radical (unpaired) electrons. The molecule has 94 valence electrons. The highest BCUT2D eigenvalue weighted by Crippen LogP contribution is 2.37. The molecule has 17 heavy (non-hydrogen) atoms. The summed E-state index contributed by atoms with van der Waals surface area (Å²) in [6, 6.07) is 0. The van der Waals surface area contributed by atoms with Crippen molar-refractivity contribution in [1.82, 2.24) is 9.97 Å². The van der Waals surface area contributed by atoms with Crippen molar-refractivity contribution in [2.45, 2.75) is 38.0 Å². The molecule has 0 spiro atoms. The molecule has 2 rings (SSSR count). The van der Waals surface area contributed by atoms with E-state index in [9.17, 15) is 0 Å². The first kappa shape index (κ1) is 12.1. The molecular formula is C12H20N4O. The minimum atomic E-state index is 0.296. The van der Waals surface area contributed by atoms with Crippen LogP contribution in [-0.4, -0.2) is 23.6 Å². The van der Waals surface area contributed by atoms with Gasteiger partial charge in [0.2, 0.25) is 11.8 Å². The summed E-state index contributed by atoms with van der Waals surface area (Å²) < 4.78 is 5.29. The first-order chi connectivity index (χ1) is 8.26. The van der Waals surface area contributed by atoms with Gasteiger partial charge in [0.1, 0.15) is 0 Å². The normalized spacial score (nSPS) is 16.4. The van der Waals surface area contributed by atoms with E-state index in [0.29, 0.717) is 24.3 Å². The van der Waals surface area contributed by atoms with E-state index in [4.69, 9.17) is 16.2 Å². The standard InChI is InChI=1S/C12H20N4O/c1-17-11-9(6-7-13)10(15-12(14)16-11)8-4-2-3-5-8/h8H,2-7,13H2,1H3,(H2,14,15,16). The Morgan fingerprint density at radius 1 is 1.29 bits per heavy atom. The summed E-state index contributed by atoms with van der Waals surface area (Å²) in [6.45, 7) is 0.573. The number of rotatable bonds is 4. The van der Waals surface area contributed by atoms with Gasteiger partial charge >= 0.3 is 0 Å². The number of nitrogens with zero attached hydrogens (tertiary/aromatic N) is 2. The number of anilines is 1. The van der Waals surface area contributed by atoms with Gasteiger partial charge in [0, 0.05) is 11.5 Å². The lowest BCUT2D eigenvalue weighted by Gasteiger charge is -2.16. The molecule has 1 aliphatic rings. The Labute approximate surface area is 102 Å². The largest absolute Gasteiger partial charge is 0.481 e. The lowest BCUT2D eigenvalue weighted by atomic mass is 9.97. The first-order valence-electron chi connectivity index (χ1n) is 6.16. The number of hydrogen-bond acceptors (Lipinski definition) is 5. The summed E-state index contributed by atoms with van der Waals surface area (Å²) in [5, 5.41) is 0. The van der Waals surface area contributed by atoms with Gasteiger partial charge in [0.15, 0.2) is 0 Å². The summed E-state index contributed by atoms with van der Waals surface area (Å²) in [7, 11) is 1.61. The van der Waals surface area contributed by atoms with Crippen LogP contribution in [0.2, 0.25) is 0 Å². The van der Waals surface area contributed by atoms with Crippen molar-refractivity contribution in [3.63, 3.8) is 0 Å². The Hall–Kier alpha value is -1.36. The number of ether oxygens (including phenoxy) is 1. The molecule has 1 saturated carbocycles. The number of methoxy groups -OCH3 is 1. The fourth-order valence-electron chi connectivity index (χ4n) is 2.58. The van der Waals surface area contributed by atoms with Crippen LogP contribution in [0.4, 0.5) is 5.95 Å². The molecule has 1 aromatic rings. The number of aromatic nitrogens is 2. The highest BCUT2D eigenvalue weighted by Gasteiger charge is 2.24. The smallest absolute Gasteiger partial charge is 0.223 e. The molecule has 5 nitrogen and oxygen atoms in total. The SMILES string of the molecule is COc1nc(N)nc(C2CCCC2)c1CCN. The number of nitrogens with two attached hydrogens (primary N) is 2. The van der Waals surface area contributed by atoms with Gasteiger partial charge < -0.3 is 16.2 Å². The van der Waals surface area contributed by atoms with E-state index in [1.54, 1.807) is 7.11 Å². The molecule has 1 aliphatic carbocycles. The van der Waals surface area contributed by atoms with Gasteiger partial charge in [-0.2, -0.15) is 4.98 Å². The number of hydrogen-bond donors (Lipinski definition) is 2. The molecule has 4 N–H and O–H groups in total. The Bertz CT molecular complexity index is 388. The zero-order valence-electron chi connectivity index (χ0n) is 10.3. The predicted molar refractivity (Wildman–Crippen MR) is 67.0 cm³/mol. The molecule has 1 fully saturated rings. The summed E-state index contributed by atoms with van der Waals surface area (Å²) in [6.07, 6.45) is 5.63. The van der Waals surface area contributed by atoms with E-state index in [1.165, 1.54) is 25.7 Å². The van der Waals surface area contributed by atoms with Crippen LogP contribution < -0.4 is 16.2 Å². The van der Waals surface area contributed by atoms with Crippen LogP contribution in [0.3, 0.4) is 0 Å². The van der Waals surface area contributed by atoms with E-state index in [-0.39, 0.29) is 0 Å². The van der Waals surface area contributed by atoms with E-state index in [1.807, 2.05) is 0 Å². The van der Waals surface area contributed by atoms with Crippen molar-refractivity contribution < 1.29 is 4.74 Å². The molecule has 0 aliphatic heterocycles. The van der Waals surface area contributed by atoms with Crippen LogP contribution in [0.25, 0.3) is 0 Å². The molecule has 5 heteroatoms. The second kappa shape index (κ2) is 5.31. The van der Waals surface area contributed by atoms with E-state index in [0.717, 1.165) is 17.7 Å². The van der Waals surface area contributed by atoms with Crippen molar-refractivity contribution in [3.8, 4) is 5.88 Å². The molecule has 1 heterocycles. The summed E-state index contributed by atoms with van der Waals surface area (Å²) in [5.74, 6) is 1.38. The maximum Gasteiger partial charge on any atom is 0.223 e. The monoisotopic (exact) mass is 236 g/mol. The number of nitrogen functional groups attached to an aromatic ring is 1. The van der Waals surface area contributed by atoms with Crippen molar-refractivity contribution in [2.75, 3.05) is 19.4 Å². The van der Waals surface area contributed by atoms with Crippen LogP contribution in [0.1, 0.15) is 42.9 Å². The average Bonchev–Trinajstić information content (AvgIpc) is 2.84. The Morgan fingerprint density at radius 3 is 2.59 bits per heavy atom. The molecule has 0 atom stereocenters. The van der Waals surface area contributed by atoms with Gasteiger partial charge in [-0.05, 0) is 25.8 Å². The van der Waals surface area contributed by atoms with Crippen molar-refractivity contribution in [1.29, 1.82) is 0 Å². The van der Waals surface area contributed by atoms with Crippen molar-refractivity contribution >= 4 is 5.95 Å². The minimum absolute atomic E-state index is 0.296. The third-order valence-corrected chi connectivity index (χ3v) is 3.35. The Kier molecular flexibility index (Phi) is 3.78. The lowest BCUT2D eigenvalue weighted by molar-refractivity contribution is 0.390. The zero-order valence-corrected chi connectivity index (χ0v) is 10.3. The maximum absolute atomic E-state index is 5.73. The Morgan fingerprint density at radius 2 is 2.00 bits per heavy atom. The van der Waals surface area contributed by atoms with Crippen LogP contribution in [-0.2, 0) is 6.42 Å². The highest BCUT2D eigenvalue weighted by molar-refractivity contribution is 5.38. The van der Waals surface area contributed by atoms with Crippen LogP contribution in [0, 0.1) is 0 Å². The quantitative estimate of drug-likeness (QED) is 0.821. The average molecular weight is 236 g/mol. The summed E-state index contributed by atoms with van der Waals surface area (Å²) in [4.78, 5) is 8.54. The van der Waals surface area contributed by atoms with Crippen LogP contribution in [0.5, 0.6) is 5.88 Å². The second-order valence-electron chi connectivity index (χ2n) is 4.47. The summed E-state index contributed by atoms with van der Waals surface area (Å²) >= 11 is 0. The molecule has 0 bridgehead atoms. The van der Waals surface area contributed by atoms with Gasteiger partial charge in [-0.3, -0.25) is 0 Å². The molecule has 0 aromatic carbocycles. The van der Waals surface area contributed by atoms with E-state index < -0.39 is 0 Å².